The van der Waals surface area contributed by atoms with Crippen LogP contribution in [0.15, 0.2) is 41.0 Å². The number of nitrogens with one attached hydrogen (secondary N) is 1. The van der Waals surface area contributed by atoms with Gasteiger partial charge in [-0.1, -0.05) is 11.6 Å². The molecule has 1 aliphatic heterocycles. The molecule has 0 saturated carbocycles. The quantitative estimate of drug-likeness (QED) is 0.904. The van der Waals surface area contributed by atoms with E-state index in [0.29, 0.717) is 37.6 Å². The predicted molar refractivity (Wildman–Crippen MR) is 91.1 cm³/mol. The van der Waals surface area contributed by atoms with E-state index in [2.05, 4.69) is 5.32 Å². The molecular formula is C17H17ClFN3O3. The average molecular weight is 366 g/mol. The van der Waals surface area contributed by atoms with Crippen LogP contribution in [0.5, 0.6) is 0 Å². The van der Waals surface area contributed by atoms with Crippen molar-refractivity contribution in [3.63, 3.8) is 0 Å². The number of nitrogens with zero attached hydrogens (tertiary/aromatic N) is 2. The summed E-state index contributed by atoms with van der Waals surface area (Å²) in [7, 11) is 0. The number of carbonyl (C=O) groups is 2. The van der Waals surface area contributed by atoms with Gasteiger partial charge in [0.25, 0.3) is 5.91 Å². The summed E-state index contributed by atoms with van der Waals surface area (Å²) in [5.41, 5.74) is 0.575. The molecule has 1 saturated heterocycles. The maximum absolute atomic E-state index is 13.1. The molecule has 0 bridgehead atoms. The van der Waals surface area contributed by atoms with Crippen molar-refractivity contribution in [2.24, 2.45) is 0 Å². The van der Waals surface area contributed by atoms with Gasteiger partial charge >= 0.3 is 0 Å². The summed E-state index contributed by atoms with van der Waals surface area (Å²) in [6, 6.07) is 7.49. The second-order valence-electron chi connectivity index (χ2n) is 5.63. The Hall–Kier alpha value is -2.54. The van der Waals surface area contributed by atoms with E-state index in [1.54, 1.807) is 21.9 Å². The minimum absolute atomic E-state index is 0.00232. The maximum atomic E-state index is 13.1. The molecule has 8 heteroatoms. The average Bonchev–Trinajstić information content (AvgIpc) is 3.16. The number of hydrogen-bond acceptors (Lipinski definition) is 4. The van der Waals surface area contributed by atoms with Gasteiger partial charge in [-0.2, -0.15) is 0 Å². The second kappa shape index (κ2) is 7.57. The largest absolute Gasteiger partial charge is 0.459 e. The Balaban J connectivity index is 1.48. The number of halogens is 2. The molecule has 0 spiro atoms. The van der Waals surface area contributed by atoms with Gasteiger partial charge in [-0.05, 0) is 30.3 Å². The van der Waals surface area contributed by atoms with Crippen LogP contribution in [-0.2, 0) is 4.79 Å². The van der Waals surface area contributed by atoms with E-state index in [1.165, 1.54) is 24.5 Å². The molecule has 132 valence electrons. The van der Waals surface area contributed by atoms with E-state index in [0.717, 1.165) is 0 Å². The Morgan fingerprint density at radius 3 is 2.52 bits per heavy atom. The van der Waals surface area contributed by atoms with Crippen molar-refractivity contribution in [3.05, 3.63) is 53.2 Å². The fraction of sp³-hybridized carbons (Fsp3) is 0.294. The van der Waals surface area contributed by atoms with Gasteiger partial charge in [0, 0.05) is 31.9 Å². The van der Waals surface area contributed by atoms with Crippen LogP contribution in [0.4, 0.5) is 10.1 Å². The van der Waals surface area contributed by atoms with Crippen LogP contribution in [-0.4, -0.2) is 54.3 Å². The van der Waals surface area contributed by atoms with Crippen LogP contribution in [0.25, 0.3) is 0 Å². The van der Waals surface area contributed by atoms with Crippen molar-refractivity contribution >= 4 is 29.1 Å². The van der Waals surface area contributed by atoms with Gasteiger partial charge in [0.05, 0.1) is 17.8 Å². The number of anilines is 1. The summed E-state index contributed by atoms with van der Waals surface area (Å²) in [5, 5.41) is 2.93. The molecular weight excluding hydrogens is 349 g/mol. The zero-order valence-corrected chi connectivity index (χ0v) is 14.1. The third kappa shape index (κ3) is 4.11. The van der Waals surface area contributed by atoms with Crippen LogP contribution < -0.4 is 5.32 Å². The Labute approximate surface area is 149 Å². The molecule has 2 aromatic rings. The van der Waals surface area contributed by atoms with Crippen molar-refractivity contribution in [1.29, 1.82) is 0 Å². The first kappa shape index (κ1) is 17.3. The Kier molecular flexibility index (Phi) is 5.23. The zero-order chi connectivity index (χ0) is 17.8. The number of benzene rings is 1. The van der Waals surface area contributed by atoms with E-state index in [1.807, 2.05) is 0 Å². The van der Waals surface area contributed by atoms with E-state index in [-0.39, 0.29) is 23.4 Å². The molecule has 2 amide bonds. The molecule has 1 aromatic carbocycles. The molecule has 1 fully saturated rings. The van der Waals surface area contributed by atoms with Crippen LogP contribution in [0.2, 0.25) is 5.02 Å². The Morgan fingerprint density at radius 2 is 1.88 bits per heavy atom. The van der Waals surface area contributed by atoms with Gasteiger partial charge in [-0.25, -0.2) is 4.39 Å². The van der Waals surface area contributed by atoms with Crippen LogP contribution in [0.3, 0.4) is 0 Å². The fourth-order valence-corrected chi connectivity index (χ4v) is 2.79. The standard InChI is InChI=1S/C17H17ClFN3O3/c18-13-10-12(3-4-14(13)19)20-11-16(23)21-5-7-22(8-6-21)17(24)15-2-1-9-25-15/h1-4,9-10,20H,5-8,11H2. The SMILES string of the molecule is O=C(CNc1ccc(F)c(Cl)c1)N1CCN(C(=O)c2ccco2)CC1. The van der Waals surface area contributed by atoms with Crippen LogP contribution in [0.1, 0.15) is 10.6 Å². The maximum Gasteiger partial charge on any atom is 0.289 e. The van der Waals surface area contributed by atoms with Crippen molar-refractivity contribution in [1.82, 2.24) is 9.80 Å². The first-order valence-electron chi connectivity index (χ1n) is 7.84. The molecule has 6 nitrogen and oxygen atoms in total. The first-order valence-corrected chi connectivity index (χ1v) is 8.22. The second-order valence-corrected chi connectivity index (χ2v) is 6.04. The van der Waals surface area contributed by atoms with Gasteiger partial charge in [-0.15, -0.1) is 0 Å². The minimum atomic E-state index is -0.504. The highest BCUT2D eigenvalue weighted by molar-refractivity contribution is 6.31. The van der Waals surface area contributed by atoms with Crippen LogP contribution >= 0.6 is 11.6 Å². The van der Waals surface area contributed by atoms with Gasteiger partial charge in [-0.3, -0.25) is 9.59 Å². The third-order valence-electron chi connectivity index (χ3n) is 4.01. The van der Waals surface area contributed by atoms with E-state index >= 15 is 0 Å². The normalized spacial score (nSPS) is 14.5. The molecule has 1 aromatic heterocycles. The number of carbonyl (C=O) groups excluding carboxylic acids is 2. The van der Waals surface area contributed by atoms with Gasteiger partial charge < -0.3 is 19.5 Å². The number of amides is 2. The number of piperazine rings is 1. The Bertz CT molecular complexity index is 759. The van der Waals surface area contributed by atoms with Crippen molar-refractivity contribution in [3.8, 4) is 0 Å². The number of furan rings is 1. The smallest absolute Gasteiger partial charge is 0.289 e. The molecule has 25 heavy (non-hydrogen) atoms. The first-order chi connectivity index (χ1) is 12.0. The van der Waals surface area contributed by atoms with E-state index in [9.17, 15) is 14.0 Å². The van der Waals surface area contributed by atoms with Crippen molar-refractivity contribution in [2.45, 2.75) is 0 Å². The summed E-state index contributed by atoms with van der Waals surface area (Å²) < 4.78 is 18.2. The number of rotatable bonds is 4. The van der Waals surface area contributed by atoms with Gasteiger partial charge in [0.15, 0.2) is 5.76 Å². The topological polar surface area (TPSA) is 65.8 Å². The highest BCUT2D eigenvalue weighted by Gasteiger charge is 2.25. The lowest BCUT2D eigenvalue weighted by Crippen LogP contribution is -2.51. The summed E-state index contributed by atoms with van der Waals surface area (Å²) in [6.07, 6.45) is 1.46. The lowest BCUT2D eigenvalue weighted by molar-refractivity contribution is -0.130. The fourth-order valence-electron chi connectivity index (χ4n) is 2.61. The zero-order valence-electron chi connectivity index (χ0n) is 13.4. The van der Waals surface area contributed by atoms with E-state index in [4.69, 9.17) is 16.0 Å². The lowest BCUT2D eigenvalue weighted by atomic mass is 10.2. The molecule has 1 N–H and O–H groups in total. The highest BCUT2D eigenvalue weighted by Crippen LogP contribution is 2.19. The summed E-state index contributed by atoms with van der Waals surface area (Å²) in [6.45, 7) is 1.89. The van der Waals surface area contributed by atoms with Crippen molar-refractivity contribution in [2.75, 3.05) is 38.0 Å². The number of hydrogen-bond donors (Lipinski definition) is 1. The summed E-state index contributed by atoms with van der Waals surface area (Å²) >= 11 is 5.71. The monoisotopic (exact) mass is 365 g/mol. The van der Waals surface area contributed by atoms with Gasteiger partial charge in [0.1, 0.15) is 5.82 Å². The third-order valence-corrected chi connectivity index (χ3v) is 4.30. The van der Waals surface area contributed by atoms with Gasteiger partial charge in [0.2, 0.25) is 5.91 Å². The molecule has 2 heterocycles. The molecule has 3 rings (SSSR count). The lowest BCUT2D eigenvalue weighted by Gasteiger charge is -2.34. The molecule has 0 unspecified atom stereocenters. The summed E-state index contributed by atoms with van der Waals surface area (Å²) in [4.78, 5) is 27.8. The molecule has 0 atom stereocenters. The molecule has 0 radical (unpaired) electrons. The molecule has 1 aliphatic rings. The van der Waals surface area contributed by atoms with E-state index < -0.39 is 5.82 Å². The minimum Gasteiger partial charge on any atom is -0.459 e. The highest BCUT2D eigenvalue weighted by atomic mass is 35.5. The van der Waals surface area contributed by atoms with Crippen molar-refractivity contribution < 1.29 is 18.4 Å². The molecule has 0 aliphatic carbocycles. The Morgan fingerprint density at radius 1 is 1.16 bits per heavy atom. The van der Waals surface area contributed by atoms with Crippen LogP contribution in [0, 0.1) is 5.82 Å². The predicted octanol–water partition coefficient (Wildman–Crippen LogP) is 2.47. The summed E-state index contributed by atoms with van der Waals surface area (Å²) in [5.74, 6) is -0.466.